The number of rotatable bonds is 4. The highest BCUT2D eigenvalue weighted by Gasteiger charge is 2.14. The first-order valence-electron chi connectivity index (χ1n) is 5.91. The monoisotopic (exact) mass is 230 g/mol. The number of hydrogen-bond donors (Lipinski definition) is 1. The van der Waals surface area contributed by atoms with E-state index in [0.717, 1.165) is 23.1 Å². The molecule has 4 nitrogen and oxygen atoms in total. The van der Waals surface area contributed by atoms with Gasteiger partial charge < -0.3 is 10.6 Å². The number of hydrogen-bond acceptors (Lipinski definition) is 4. The third kappa shape index (κ3) is 2.36. The Balaban J connectivity index is 2.52. The Hall–Kier alpha value is -1.68. The standard InChI is InChI=1S/C13H18N4/c1-10(2)17(8-7-14)13-12-6-4-3-5-11(12)9-15-16-13/h3-6,9-10H,7-8,14H2,1-2H3. The van der Waals surface area contributed by atoms with Crippen LogP contribution in [0.4, 0.5) is 5.82 Å². The van der Waals surface area contributed by atoms with E-state index in [4.69, 9.17) is 5.73 Å². The summed E-state index contributed by atoms with van der Waals surface area (Å²) in [5.41, 5.74) is 5.66. The molecule has 2 N–H and O–H groups in total. The molecule has 0 aliphatic carbocycles. The SMILES string of the molecule is CC(C)N(CCN)c1nncc2ccccc12. The van der Waals surface area contributed by atoms with Gasteiger partial charge in [0.2, 0.25) is 0 Å². The summed E-state index contributed by atoms with van der Waals surface area (Å²) in [4.78, 5) is 2.19. The fourth-order valence-electron chi connectivity index (χ4n) is 1.97. The molecule has 0 fully saturated rings. The van der Waals surface area contributed by atoms with Gasteiger partial charge in [-0.3, -0.25) is 0 Å². The lowest BCUT2D eigenvalue weighted by atomic mass is 10.1. The van der Waals surface area contributed by atoms with E-state index in [0.29, 0.717) is 12.6 Å². The smallest absolute Gasteiger partial charge is 0.159 e. The zero-order chi connectivity index (χ0) is 12.3. The van der Waals surface area contributed by atoms with Crippen molar-refractivity contribution in [2.24, 2.45) is 5.73 Å². The van der Waals surface area contributed by atoms with Crippen molar-refractivity contribution in [2.45, 2.75) is 19.9 Å². The second kappa shape index (κ2) is 5.10. The third-order valence-electron chi connectivity index (χ3n) is 2.82. The molecule has 1 aromatic carbocycles. The van der Waals surface area contributed by atoms with Gasteiger partial charge in [-0.25, -0.2) is 0 Å². The van der Waals surface area contributed by atoms with Gasteiger partial charge in [0.15, 0.2) is 5.82 Å². The lowest BCUT2D eigenvalue weighted by Crippen LogP contribution is -2.36. The summed E-state index contributed by atoms with van der Waals surface area (Å²) in [7, 11) is 0. The normalized spacial score (nSPS) is 11.1. The van der Waals surface area contributed by atoms with Crippen LogP contribution in [-0.2, 0) is 0 Å². The maximum atomic E-state index is 5.66. The highest BCUT2D eigenvalue weighted by atomic mass is 15.3. The van der Waals surface area contributed by atoms with E-state index in [-0.39, 0.29) is 0 Å². The highest BCUT2D eigenvalue weighted by molar-refractivity contribution is 5.91. The molecule has 0 radical (unpaired) electrons. The molecule has 2 rings (SSSR count). The molecule has 2 aromatic rings. The summed E-state index contributed by atoms with van der Waals surface area (Å²) in [6.07, 6.45) is 1.79. The van der Waals surface area contributed by atoms with E-state index in [9.17, 15) is 0 Å². The number of aromatic nitrogens is 2. The molecule has 0 saturated carbocycles. The third-order valence-corrected chi connectivity index (χ3v) is 2.82. The Bertz CT molecular complexity index is 490. The number of nitrogens with zero attached hydrogens (tertiary/aromatic N) is 3. The maximum Gasteiger partial charge on any atom is 0.159 e. The molecule has 1 heterocycles. The molecule has 4 heteroatoms. The van der Waals surface area contributed by atoms with Crippen molar-refractivity contribution in [1.29, 1.82) is 0 Å². The summed E-state index contributed by atoms with van der Waals surface area (Å²) in [5.74, 6) is 0.920. The van der Waals surface area contributed by atoms with Crippen molar-refractivity contribution in [3.05, 3.63) is 30.5 Å². The summed E-state index contributed by atoms with van der Waals surface area (Å²) in [6.45, 7) is 5.68. The average Bonchev–Trinajstić information content (AvgIpc) is 2.35. The molecule has 0 saturated heterocycles. The molecule has 0 aliphatic rings. The Morgan fingerprint density at radius 3 is 2.76 bits per heavy atom. The van der Waals surface area contributed by atoms with Gasteiger partial charge in [-0.2, -0.15) is 5.10 Å². The fourth-order valence-corrected chi connectivity index (χ4v) is 1.97. The van der Waals surface area contributed by atoms with Crippen molar-refractivity contribution in [3.8, 4) is 0 Å². The van der Waals surface area contributed by atoms with Crippen LogP contribution >= 0.6 is 0 Å². The Morgan fingerprint density at radius 1 is 1.29 bits per heavy atom. The highest BCUT2D eigenvalue weighted by Crippen LogP contribution is 2.24. The van der Waals surface area contributed by atoms with Crippen molar-refractivity contribution >= 4 is 16.6 Å². The van der Waals surface area contributed by atoms with Crippen LogP contribution in [0.2, 0.25) is 0 Å². The zero-order valence-electron chi connectivity index (χ0n) is 10.3. The molecule has 0 atom stereocenters. The zero-order valence-corrected chi connectivity index (χ0v) is 10.3. The number of nitrogens with two attached hydrogens (primary N) is 1. The minimum atomic E-state index is 0.360. The number of anilines is 1. The fraction of sp³-hybridized carbons (Fsp3) is 0.385. The minimum Gasteiger partial charge on any atom is -0.351 e. The summed E-state index contributed by atoms with van der Waals surface area (Å²) in [5, 5.41) is 10.6. The Kier molecular flexibility index (Phi) is 3.54. The topological polar surface area (TPSA) is 55.0 Å². The number of benzene rings is 1. The van der Waals surface area contributed by atoms with Crippen LogP contribution in [0.3, 0.4) is 0 Å². The van der Waals surface area contributed by atoms with Crippen molar-refractivity contribution in [2.75, 3.05) is 18.0 Å². The second-order valence-corrected chi connectivity index (χ2v) is 4.33. The van der Waals surface area contributed by atoms with Crippen LogP contribution in [0.1, 0.15) is 13.8 Å². The van der Waals surface area contributed by atoms with Crippen LogP contribution in [0.15, 0.2) is 30.5 Å². The van der Waals surface area contributed by atoms with E-state index in [2.05, 4.69) is 41.1 Å². The molecular weight excluding hydrogens is 212 g/mol. The van der Waals surface area contributed by atoms with Gasteiger partial charge >= 0.3 is 0 Å². The lowest BCUT2D eigenvalue weighted by molar-refractivity contribution is 0.672. The van der Waals surface area contributed by atoms with E-state index in [1.807, 2.05) is 12.1 Å². The average molecular weight is 230 g/mol. The number of fused-ring (bicyclic) bond motifs is 1. The van der Waals surface area contributed by atoms with E-state index < -0.39 is 0 Å². The van der Waals surface area contributed by atoms with Gasteiger partial charge in [0, 0.05) is 29.9 Å². The lowest BCUT2D eigenvalue weighted by Gasteiger charge is -2.27. The minimum absolute atomic E-state index is 0.360. The molecule has 0 spiro atoms. The van der Waals surface area contributed by atoms with Crippen molar-refractivity contribution < 1.29 is 0 Å². The molecule has 0 unspecified atom stereocenters. The first kappa shape index (κ1) is 11.8. The van der Waals surface area contributed by atoms with Crippen LogP contribution < -0.4 is 10.6 Å². The molecule has 1 aromatic heterocycles. The van der Waals surface area contributed by atoms with Crippen molar-refractivity contribution in [3.63, 3.8) is 0 Å². The van der Waals surface area contributed by atoms with Gasteiger partial charge in [-0.05, 0) is 13.8 Å². The van der Waals surface area contributed by atoms with Crippen LogP contribution in [0.25, 0.3) is 10.8 Å². The Morgan fingerprint density at radius 2 is 2.06 bits per heavy atom. The predicted molar refractivity (Wildman–Crippen MR) is 71.1 cm³/mol. The first-order valence-corrected chi connectivity index (χ1v) is 5.91. The van der Waals surface area contributed by atoms with Gasteiger partial charge in [0.05, 0.1) is 6.20 Å². The summed E-state index contributed by atoms with van der Waals surface area (Å²) < 4.78 is 0. The van der Waals surface area contributed by atoms with Crippen LogP contribution in [-0.4, -0.2) is 29.3 Å². The molecule has 90 valence electrons. The van der Waals surface area contributed by atoms with Crippen molar-refractivity contribution in [1.82, 2.24) is 10.2 Å². The molecule has 0 aliphatic heterocycles. The maximum absolute atomic E-state index is 5.66. The van der Waals surface area contributed by atoms with Gasteiger partial charge in [0.1, 0.15) is 0 Å². The van der Waals surface area contributed by atoms with Crippen LogP contribution in [0, 0.1) is 0 Å². The predicted octanol–water partition coefficient (Wildman–Crippen LogP) is 1.80. The Labute approximate surface area is 101 Å². The van der Waals surface area contributed by atoms with E-state index >= 15 is 0 Å². The van der Waals surface area contributed by atoms with Gasteiger partial charge in [-0.1, -0.05) is 24.3 Å². The molecular formula is C13H18N4. The summed E-state index contributed by atoms with van der Waals surface area (Å²) >= 11 is 0. The molecule has 17 heavy (non-hydrogen) atoms. The van der Waals surface area contributed by atoms with Gasteiger partial charge in [0.25, 0.3) is 0 Å². The molecule has 0 bridgehead atoms. The van der Waals surface area contributed by atoms with Crippen LogP contribution in [0.5, 0.6) is 0 Å². The van der Waals surface area contributed by atoms with Gasteiger partial charge in [-0.15, -0.1) is 5.10 Å². The second-order valence-electron chi connectivity index (χ2n) is 4.33. The largest absolute Gasteiger partial charge is 0.351 e. The van der Waals surface area contributed by atoms with E-state index in [1.54, 1.807) is 6.20 Å². The van der Waals surface area contributed by atoms with E-state index in [1.165, 1.54) is 0 Å². The first-order chi connectivity index (χ1) is 8.24. The quantitative estimate of drug-likeness (QED) is 0.870. The summed E-state index contributed by atoms with van der Waals surface area (Å²) in [6, 6.07) is 8.52. The molecule has 0 amide bonds.